The summed E-state index contributed by atoms with van der Waals surface area (Å²) < 4.78 is 11.0. The van der Waals surface area contributed by atoms with Crippen LogP contribution in [-0.2, 0) is 4.74 Å². The van der Waals surface area contributed by atoms with E-state index in [0.717, 1.165) is 40.0 Å². The Morgan fingerprint density at radius 3 is 2.52 bits per heavy atom. The highest BCUT2D eigenvalue weighted by atomic mass is 35.5. The molecule has 0 saturated carbocycles. The zero-order valence-corrected chi connectivity index (χ0v) is 21.0. The van der Waals surface area contributed by atoms with Crippen molar-refractivity contribution in [1.29, 1.82) is 0 Å². The van der Waals surface area contributed by atoms with Gasteiger partial charge in [-0.3, -0.25) is 0 Å². The SMILES string of the molecule is CCCN(c1nc(-c2ccc(OC)cc2Cl)c(C)s1)C(COC)c1ccc2ccccc2c1. The molecule has 4 nitrogen and oxygen atoms in total. The summed E-state index contributed by atoms with van der Waals surface area (Å²) in [6.45, 7) is 5.75. The van der Waals surface area contributed by atoms with Gasteiger partial charge in [0.05, 0.1) is 30.5 Å². The Hall–Kier alpha value is -2.60. The minimum atomic E-state index is 0.0595. The predicted molar refractivity (Wildman–Crippen MR) is 140 cm³/mol. The molecule has 0 aliphatic carbocycles. The molecule has 3 aromatic carbocycles. The highest BCUT2D eigenvalue weighted by molar-refractivity contribution is 7.16. The summed E-state index contributed by atoms with van der Waals surface area (Å²) in [7, 11) is 3.40. The van der Waals surface area contributed by atoms with E-state index < -0.39 is 0 Å². The van der Waals surface area contributed by atoms with Gasteiger partial charge in [-0.25, -0.2) is 4.98 Å². The van der Waals surface area contributed by atoms with Crippen molar-refractivity contribution in [1.82, 2.24) is 4.98 Å². The highest BCUT2D eigenvalue weighted by Crippen LogP contribution is 2.40. The van der Waals surface area contributed by atoms with E-state index in [1.807, 2.05) is 18.2 Å². The third-order valence-electron chi connectivity index (χ3n) is 5.79. The first-order valence-corrected chi connectivity index (χ1v) is 12.3. The summed E-state index contributed by atoms with van der Waals surface area (Å²) in [5.41, 5.74) is 3.06. The number of rotatable bonds is 9. The maximum absolute atomic E-state index is 6.58. The molecule has 0 spiro atoms. The summed E-state index contributed by atoms with van der Waals surface area (Å²) in [4.78, 5) is 8.57. The molecule has 1 heterocycles. The fraction of sp³-hybridized carbons (Fsp3) is 0.296. The number of hydrogen-bond donors (Lipinski definition) is 0. The smallest absolute Gasteiger partial charge is 0.186 e. The van der Waals surface area contributed by atoms with E-state index in [2.05, 4.69) is 61.2 Å². The minimum Gasteiger partial charge on any atom is -0.497 e. The van der Waals surface area contributed by atoms with Crippen LogP contribution >= 0.6 is 22.9 Å². The van der Waals surface area contributed by atoms with Gasteiger partial charge in [-0.05, 0) is 53.9 Å². The summed E-state index contributed by atoms with van der Waals surface area (Å²) in [6.07, 6.45) is 1.01. The van der Waals surface area contributed by atoms with Crippen LogP contribution in [0.25, 0.3) is 22.0 Å². The van der Waals surface area contributed by atoms with Crippen molar-refractivity contribution < 1.29 is 9.47 Å². The van der Waals surface area contributed by atoms with E-state index in [4.69, 9.17) is 26.1 Å². The van der Waals surface area contributed by atoms with Crippen molar-refractivity contribution in [2.24, 2.45) is 0 Å². The molecule has 4 rings (SSSR count). The van der Waals surface area contributed by atoms with Crippen molar-refractivity contribution in [3.63, 3.8) is 0 Å². The Balaban J connectivity index is 1.75. The van der Waals surface area contributed by atoms with Gasteiger partial charge in [-0.1, -0.05) is 54.9 Å². The summed E-state index contributed by atoms with van der Waals surface area (Å²) in [5.74, 6) is 0.737. The topological polar surface area (TPSA) is 34.6 Å². The third kappa shape index (κ3) is 5.01. The molecule has 0 aliphatic heterocycles. The number of hydrogen-bond acceptors (Lipinski definition) is 5. The maximum atomic E-state index is 6.58. The van der Waals surface area contributed by atoms with Gasteiger partial charge in [0.2, 0.25) is 0 Å². The molecule has 172 valence electrons. The third-order valence-corrected chi connectivity index (χ3v) is 7.11. The zero-order chi connectivity index (χ0) is 23.4. The van der Waals surface area contributed by atoms with Gasteiger partial charge in [0.15, 0.2) is 5.13 Å². The molecule has 1 unspecified atom stereocenters. The predicted octanol–water partition coefficient (Wildman–Crippen LogP) is 7.54. The highest BCUT2D eigenvalue weighted by Gasteiger charge is 2.25. The van der Waals surface area contributed by atoms with Gasteiger partial charge in [0.25, 0.3) is 0 Å². The van der Waals surface area contributed by atoms with Gasteiger partial charge in [-0.15, -0.1) is 11.3 Å². The normalized spacial score (nSPS) is 12.2. The molecule has 0 aliphatic rings. The molecule has 0 N–H and O–H groups in total. The molecule has 0 radical (unpaired) electrons. The van der Waals surface area contributed by atoms with Crippen molar-refractivity contribution in [2.75, 3.05) is 32.3 Å². The molecule has 0 saturated heterocycles. The van der Waals surface area contributed by atoms with Gasteiger partial charge >= 0.3 is 0 Å². The van der Waals surface area contributed by atoms with Crippen LogP contribution in [0.15, 0.2) is 60.7 Å². The van der Waals surface area contributed by atoms with Crippen molar-refractivity contribution in [3.05, 3.63) is 76.1 Å². The Kier molecular flexibility index (Phi) is 7.53. The van der Waals surface area contributed by atoms with Gasteiger partial charge in [0.1, 0.15) is 5.75 Å². The first kappa shape index (κ1) is 23.6. The second-order valence-corrected chi connectivity index (χ2v) is 9.61. The number of fused-ring (bicyclic) bond motifs is 1. The van der Waals surface area contributed by atoms with Gasteiger partial charge in [-0.2, -0.15) is 0 Å². The van der Waals surface area contributed by atoms with Gasteiger partial charge < -0.3 is 14.4 Å². The lowest BCUT2D eigenvalue weighted by Gasteiger charge is -2.31. The number of halogens is 1. The lowest BCUT2D eigenvalue weighted by Crippen LogP contribution is -2.32. The number of aromatic nitrogens is 1. The second-order valence-electron chi connectivity index (χ2n) is 8.02. The van der Waals surface area contributed by atoms with E-state index in [1.165, 1.54) is 16.3 Å². The number of anilines is 1. The van der Waals surface area contributed by atoms with Crippen LogP contribution in [0.2, 0.25) is 5.02 Å². The summed E-state index contributed by atoms with van der Waals surface area (Å²) in [6, 6.07) is 20.9. The number of methoxy groups -OCH3 is 2. The first-order valence-electron chi connectivity index (χ1n) is 11.1. The number of benzene rings is 3. The Morgan fingerprint density at radius 1 is 1.03 bits per heavy atom. The van der Waals surface area contributed by atoms with Crippen molar-refractivity contribution in [3.8, 4) is 17.0 Å². The van der Waals surface area contributed by atoms with Crippen molar-refractivity contribution in [2.45, 2.75) is 26.3 Å². The Labute approximate surface area is 204 Å². The van der Waals surface area contributed by atoms with E-state index in [9.17, 15) is 0 Å². The Morgan fingerprint density at radius 2 is 1.82 bits per heavy atom. The van der Waals surface area contributed by atoms with Crippen LogP contribution in [0.1, 0.15) is 29.8 Å². The van der Waals surface area contributed by atoms with E-state index >= 15 is 0 Å². The lowest BCUT2D eigenvalue weighted by molar-refractivity contribution is 0.177. The molecule has 1 aromatic heterocycles. The Bertz CT molecular complexity index is 1240. The molecule has 0 fully saturated rings. The second kappa shape index (κ2) is 10.6. The van der Waals surface area contributed by atoms with Crippen molar-refractivity contribution >= 4 is 38.8 Å². The minimum absolute atomic E-state index is 0.0595. The number of ether oxygens (including phenoxy) is 2. The van der Waals surface area contributed by atoms with Crippen LogP contribution in [0.4, 0.5) is 5.13 Å². The average Bonchev–Trinajstić information content (AvgIpc) is 3.21. The van der Waals surface area contributed by atoms with E-state index in [1.54, 1.807) is 25.6 Å². The monoisotopic (exact) mass is 480 g/mol. The fourth-order valence-electron chi connectivity index (χ4n) is 4.13. The van der Waals surface area contributed by atoms with E-state index in [-0.39, 0.29) is 6.04 Å². The first-order chi connectivity index (χ1) is 16.0. The van der Waals surface area contributed by atoms with Crippen LogP contribution in [-0.4, -0.2) is 32.4 Å². The standard InChI is InChI=1S/C27H29ClN2O2S/c1-5-14-30(25(17-31-3)21-11-10-19-8-6-7-9-20(19)15-21)27-29-26(18(2)33-27)23-13-12-22(32-4)16-24(23)28/h6-13,15-16,25H,5,14,17H2,1-4H3. The van der Waals surface area contributed by atoms with Gasteiger partial charge in [0, 0.05) is 24.1 Å². The van der Waals surface area contributed by atoms with Crippen LogP contribution < -0.4 is 9.64 Å². The molecule has 0 bridgehead atoms. The maximum Gasteiger partial charge on any atom is 0.186 e. The summed E-state index contributed by atoms with van der Waals surface area (Å²) >= 11 is 8.28. The van der Waals surface area contributed by atoms with E-state index in [0.29, 0.717) is 11.6 Å². The number of nitrogens with zero attached hydrogens (tertiary/aromatic N) is 2. The van der Waals surface area contributed by atoms with Crippen LogP contribution in [0, 0.1) is 6.92 Å². The zero-order valence-electron chi connectivity index (χ0n) is 19.5. The quantitative estimate of drug-likeness (QED) is 0.248. The van der Waals surface area contributed by atoms with Crippen LogP contribution in [0.3, 0.4) is 0 Å². The molecule has 1 atom stereocenters. The molecule has 6 heteroatoms. The number of thiazole rings is 1. The largest absolute Gasteiger partial charge is 0.497 e. The molecule has 0 amide bonds. The average molecular weight is 481 g/mol. The molecular weight excluding hydrogens is 452 g/mol. The lowest BCUT2D eigenvalue weighted by atomic mass is 10.0. The molecule has 4 aromatic rings. The molecular formula is C27H29ClN2O2S. The number of aryl methyl sites for hydroxylation is 1. The van der Waals surface area contributed by atoms with Crippen LogP contribution in [0.5, 0.6) is 5.75 Å². The fourth-order valence-corrected chi connectivity index (χ4v) is 5.39. The molecule has 33 heavy (non-hydrogen) atoms. The summed E-state index contributed by atoms with van der Waals surface area (Å²) in [5, 5.41) is 4.08.